The quantitative estimate of drug-likeness (QED) is 0.817. The van der Waals surface area contributed by atoms with Gasteiger partial charge < -0.3 is 14.0 Å². The van der Waals surface area contributed by atoms with Gasteiger partial charge in [0.05, 0.1) is 19.0 Å². The monoisotopic (exact) mass is 306 g/mol. The highest BCUT2D eigenvalue weighted by Crippen LogP contribution is 2.23. The van der Waals surface area contributed by atoms with Gasteiger partial charge in [-0.3, -0.25) is 0 Å². The maximum Gasteiger partial charge on any atom is 0.257 e. The molecule has 1 aromatic heterocycles. The molecule has 0 aliphatic carbocycles. The van der Waals surface area contributed by atoms with Crippen LogP contribution in [0.3, 0.4) is 0 Å². The Balaban J connectivity index is 1.54. The highest BCUT2D eigenvalue weighted by Gasteiger charge is 2.16. The molecule has 0 spiro atoms. The number of nitrogens with zero attached hydrogens (tertiary/aromatic N) is 2. The van der Waals surface area contributed by atoms with Gasteiger partial charge in [-0.15, -0.1) is 0 Å². The van der Waals surface area contributed by atoms with Crippen LogP contribution in [0.1, 0.15) is 18.7 Å². The largest absolute Gasteiger partial charge is 0.497 e. The van der Waals surface area contributed by atoms with E-state index in [1.165, 1.54) is 6.42 Å². The molecule has 0 N–H and O–H groups in total. The van der Waals surface area contributed by atoms with Crippen molar-refractivity contribution in [1.29, 1.82) is 0 Å². The number of thioether (sulfide) groups is 1. The number of rotatable bonds is 6. The number of hydrogen-bond donors (Lipinski definition) is 0. The fraction of sp³-hybridized carbons (Fsp3) is 0.467. The Bertz CT molecular complexity index is 565. The number of benzene rings is 1. The molecule has 5 nitrogen and oxygen atoms in total. The average Bonchev–Trinajstić information content (AvgIpc) is 3.19. The molecular formula is C15H18N2O3S. The van der Waals surface area contributed by atoms with E-state index < -0.39 is 0 Å². The standard InChI is InChI=1S/C15H18N2O3S/c1-18-12-6-4-11(5-7-12)15-16-14(17-20-15)10-21-9-13-3-2-8-19-13/h4-7,13H,2-3,8-10H2,1H3. The predicted molar refractivity (Wildman–Crippen MR) is 81.4 cm³/mol. The minimum Gasteiger partial charge on any atom is -0.497 e. The second kappa shape index (κ2) is 6.95. The lowest BCUT2D eigenvalue weighted by atomic mass is 10.2. The number of methoxy groups -OCH3 is 1. The molecule has 1 aliphatic heterocycles. The van der Waals surface area contributed by atoms with Crippen molar-refractivity contribution >= 4 is 11.8 Å². The predicted octanol–water partition coefficient (Wildman–Crippen LogP) is 3.16. The summed E-state index contributed by atoms with van der Waals surface area (Å²) in [4.78, 5) is 4.42. The van der Waals surface area contributed by atoms with Gasteiger partial charge in [0.25, 0.3) is 5.89 Å². The van der Waals surface area contributed by atoms with E-state index in [4.69, 9.17) is 14.0 Å². The lowest BCUT2D eigenvalue weighted by Gasteiger charge is -2.06. The van der Waals surface area contributed by atoms with Gasteiger partial charge in [0, 0.05) is 17.9 Å². The second-order valence-corrected chi connectivity index (χ2v) is 5.92. The van der Waals surface area contributed by atoms with Gasteiger partial charge in [-0.25, -0.2) is 0 Å². The molecule has 112 valence electrons. The van der Waals surface area contributed by atoms with Gasteiger partial charge in [-0.2, -0.15) is 16.7 Å². The Morgan fingerprint density at radius 2 is 2.19 bits per heavy atom. The van der Waals surface area contributed by atoms with Gasteiger partial charge in [0.15, 0.2) is 5.82 Å². The molecule has 2 aromatic rings. The van der Waals surface area contributed by atoms with Crippen LogP contribution in [0.2, 0.25) is 0 Å². The van der Waals surface area contributed by atoms with E-state index in [1.54, 1.807) is 18.9 Å². The van der Waals surface area contributed by atoms with Crippen LogP contribution < -0.4 is 4.74 Å². The summed E-state index contributed by atoms with van der Waals surface area (Å²) < 4.78 is 16.0. The molecule has 0 radical (unpaired) electrons. The third kappa shape index (κ3) is 3.77. The maximum absolute atomic E-state index is 5.59. The molecule has 2 heterocycles. The molecular weight excluding hydrogens is 288 g/mol. The molecule has 3 rings (SSSR count). The maximum atomic E-state index is 5.59. The summed E-state index contributed by atoms with van der Waals surface area (Å²) in [5.74, 6) is 3.83. The summed E-state index contributed by atoms with van der Waals surface area (Å²) in [6.45, 7) is 0.898. The summed E-state index contributed by atoms with van der Waals surface area (Å²) in [7, 11) is 1.64. The van der Waals surface area contributed by atoms with Crippen LogP contribution in [0, 0.1) is 0 Å². The summed E-state index contributed by atoms with van der Waals surface area (Å²) in [5, 5.41) is 4.02. The molecule has 21 heavy (non-hydrogen) atoms. The molecule has 1 atom stereocenters. The molecule has 1 saturated heterocycles. The van der Waals surface area contributed by atoms with Crippen molar-refractivity contribution in [2.45, 2.75) is 24.7 Å². The zero-order chi connectivity index (χ0) is 14.5. The molecule has 0 saturated carbocycles. The van der Waals surface area contributed by atoms with E-state index in [9.17, 15) is 0 Å². The minimum atomic E-state index is 0.392. The fourth-order valence-electron chi connectivity index (χ4n) is 2.22. The second-order valence-electron chi connectivity index (χ2n) is 4.89. The lowest BCUT2D eigenvalue weighted by Crippen LogP contribution is -2.08. The van der Waals surface area contributed by atoms with E-state index in [1.807, 2.05) is 24.3 Å². The molecule has 1 fully saturated rings. The molecule has 0 amide bonds. The van der Waals surface area contributed by atoms with Gasteiger partial charge in [-0.05, 0) is 37.1 Å². The SMILES string of the molecule is COc1ccc(-c2nc(CSCC3CCCO3)no2)cc1. The first-order valence-electron chi connectivity index (χ1n) is 7.01. The van der Waals surface area contributed by atoms with Crippen LogP contribution >= 0.6 is 11.8 Å². The van der Waals surface area contributed by atoms with Crippen LogP contribution in [-0.2, 0) is 10.5 Å². The van der Waals surface area contributed by atoms with Crippen LogP contribution in [0.15, 0.2) is 28.8 Å². The van der Waals surface area contributed by atoms with E-state index in [2.05, 4.69) is 10.1 Å². The zero-order valence-electron chi connectivity index (χ0n) is 11.9. The van der Waals surface area contributed by atoms with Crippen molar-refractivity contribution < 1.29 is 14.0 Å². The Labute approximate surface area is 128 Å². The third-order valence-electron chi connectivity index (χ3n) is 3.36. The Kier molecular flexibility index (Phi) is 4.77. The molecule has 1 unspecified atom stereocenters. The van der Waals surface area contributed by atoms with Crippen molar-refractivity contribution in [3.05, 3.63) is 30.1 Å². The number of ether oxygens (including phenoxy) is 2. The molecule has 1 aromatic carbocycles. The topological polar surface area (TPSA) is 57.4 Å². The molecule has 1 aliphatic rings. The van der Waals surface area contributed by atoms with Crippen molar-refractivity contribution in [3.63, 3.8) is 0 Å². The van der Waals surface area contributed by atoms with E-state index in [0.717, 1.165) is 41.7 Å². The highest BCUT2D eigenvalue weighted by molar-refractivity contribution is 7.98. The van der Waals surface area contributed by atoms with Gasteiger partial charge >= 0.3 is 0 Å². The Morgan fingerprint density at radius 1 is 1.33 bits per heavy atom. The summed E-state index contributed by atoms with van der Waals surface area (Å²) in [6.07, 6.45) is 2.73. The van der Waals surface area contributed by atoms with E-state index in [-0.39, 0.29) is 0 Å². The highest BCUT2D eigenvalue weighted by atomic mass is 32.2. The average molecular weight is 306 g/mol. The normalized spacial score (nSPS) is 18.0. The number of hydrogen-bond acceptors (Lipinski definition) is 6. The minimum absolute atomic E-state index is 0.392. The summed E-state index contributed by atoms with van der Waals surface area (Å²) in [5.41, 5.74) is 0.902. The summed E-state index contributed by atoms with van der Waals surface area (Å²) in [6, 6.07) is 7.59. The molecule has 6 heteroatoms. The van der Waals surface area contributed by atoms with Gasteiger partial charge in [-0.1, -0.05) is 5.16 Å². The first-order chi connectivity index (χ1) is 10.3. The van der Waals surface area contributed by atoms with Gasteiger partial charge in [0.2, 0.25) is 0 Å². The fourth-order valence-corrected chi connectivity index (χ4v) is 3.16. The van der Waals surface area contributed by atoms with Crippen LogP contribution in [0.5, 0.6) is 5.75 Å². The van der Waals surface area contributed by atoms with E-state index >= 15 is 0 Å². The van der Waals surface area contributed by atoms with Crippen LogP contribution in [-0.4, -0.2) is 35.7 Å². The smallest absolute Gasteiger partial charge is 0.257 e. The van der Waals surface area contributed by atoms with Crippen LogP contribution in [0.4, 0.5) is 0 Å². The number of aromatic nitrogens is 2. The lowest BCUT2D eigenvalue weighted by molar-refractivity contribution is 0.129. The third-order valence-corrected chi connectivity index (χ3v) is 4.43. The Morgan fingerprint density at radius 3 is 2.90 bits per heavy atom. The molecule has 0 bridgehead atoms. The van der Waals surface area contributed by atoms with Crippen molar-refractivity contribution in [2.24, 2.45) is 0 Å². The summed E-state index contributed by atoms with van der Waals surface area (Å²) >= 11 is 1.79. The van der Waals surface area contributed by atoms with Crippen LogP contribution in [0.25, 0.3) is 11.5 Å². The Hall–Kier alpha value is -1.53. The van der Waals surface area contributed by atoms with Crippen molar-refractivity contribution in [1.82, 2.24) is 10.1 Å². The van der Waals surface area contributed by atoms with Gasteiger partial charge in [0.1, 0.15) is 5.75 Å². The van der Waals surface area contributed by atoms with E-state index in [0.29, 0.717) is 12.0 Å². The first-order valence-corrected chi connectivity index (χ1v) is 8.17. The van der Waals surface area contributed by atoms with Crippen molar-refractivity contribution in [2.75, 3.05) is 19.5 Å². The zero-order valence-corrected chi connectivity index (χ0v) is 12.8. The van der Waals surface area contributed by atoms with Crippen molar-refractivity contribution in [3.8, 4) is 17.2 Å². The first kappa shape index (κ1) is 14.4.